The zero-order chi connectivity index (χ0) is 13.4. The van der Waals surface area contributed by atoms with Gasteiger partial charge in [-0.1, -0.05) is 36.4 Å². The van der Waals surface area contributed by atoms with E-state index in [9.17, 15) is 0 Å². The molecule has 1 aliphatic rings. The molecule has 1 saturated heterocycles. The fraction of sp³-hybridized carbons (Fsp3) is 0.467. The monoisotopic (exact) mass is 262 g/mol. The quantitative estimate of drug-likeness (QED) is 0.615. The summed E-state index contributed by atoms with van der Waals surface area (Å²) < 4.78 is 12.8. The number of hydrogen-bond acceptors (Lipinski definition) is 2. The Morgan fingerprint density at radius 3 is 2.00 bits per heavy atom. The Kier molecular flexibility index (Phi) is 3.26. The first-order valence-corrected chi connectivity index (χ1v) is 8.42. The SMILES string of the molecule is C=CC[Si]1(c2ccccc2)OC(C)(C)C(C)(C)O1. The Hall–Kier alpha value is -0.903. The van der Waals surface area contributed by atoms with Crippen molar-refractivity contribution in [3.05, 3.63) is 43.0 Å². The topological polar surface area (TPSA) is 18.5 Å². The van der Waals surface area contributed by atoms with Crippen molar-refractivity contribution in [3.8, 4) is 0 Å². The predicted octanol–water partition coefficient (Wildman–Crippen LogP) is 3.13. The zero-order valence-corrected chi connectivity index (χ0v) is 12.7. The first-order valence-electron chi connectivity index (χ1n) is 6.40. The van der Waals surface area contributed by atoms with E-state index in [0.29, 0.717) is 0 Å². The Balaban J connectivity index is 2.46. The lowest BCUT2D eigenvalue weighted by molar-refractivity contribution is 0.00578. The summed E-state index contributed by atoms with van der Waals surface area (Å²) in [5, 5.41) is 1.18. The molecule has 0 radical (unpaired) electrons. The Bertz CT molecular complexity index is 421. The van der Waals surface area contributed by atoms with E-state index in [2.05, 4.69) is 46.4 Å². The number of rotatable bonds is 3. The van der Waals surface area contributed by atoms with Crippen LogP contribution in [0.15, 0.2) is 43.0 Å². The fourth-order valence-electron chi connectivity index (χ4n) is 2.29. The van der Waals surface area contributed by atoms with Crippen molar-refractivity contribution in [2.24, 2.45) is 0 Å². The molecule has 0 aliphatic carbocycles. The molecule has 0 saturated carbocycles. The molecule has 0 atom stereocenters. The maximum Gasteiger partial charge on any atom is 0.377 e. The summed E-state index contributed by atoms with van der Waals surface area (Å²) in [6.07, 6.45) is 1.91. The van der Waals surface area contributed by atoms with Gasteiger partial charge in [-0.05, 0) is 32.9 Å². The highest BCUT2D eigenvalue weighted by molar-refractivity contribution is 6.82. The van der Waals surface area contributed by atoms with Gasteiger partial charge in [0.25, 0.3) is 0 Å². The van der Waals surface area contributed by atoms with Gasteiger partial charge in [0.15, 0.2) is 0 Å². The molecule has 1 aromatic rings. The van der Waals surface area contributed by atoms with Crippen LogP contribution in [0.4, 0.5) is 0 Å². The molecule has 0 N–H and O–H groups in total. The normalized spacial score (nSPS) is 23.8. The van der Waals surface area contributed by atoms with Crippen LogP contribution in [0.5, 0.6) is 0 Å². The molecule has 0 aromatic heterocycles. The van der Waals surface area contributed by atoms with E-state index in [1.165, 1.54) is 5.19 Å². The number of allylic oxidation sites excluding steroid dienone is 1. The maximum atomic E-state index is 6.42. The summed E-state index contributed by atoms with van der Waals surface area (Å²) in [5.74, 6) is 0. The molecule has 3 heteroatoms. The van der Waals surface area contributed by atoms with Crippen LogP contribution in [0.3, 0.4) is 0 Å². The molecular formula is C15H22O2Si. The van der Waals surface area contributed by atoms with E-state index in [-0.39, 0.29) is 11.2 Å². The lowest BCUT2D eigenvalue weighted by Crippen LogP contribution is -2.50. The second-order valence-electron chi connectivity index (χ2n) is 5.84. The van der Waals surface area contributed by atoms with Crippen molar-refractivity contribution >= 4 is 13.7 Å². The molecule has 1 fully saturated rings. The van der Waals surface area contributed by atoms with Crippen LogP contribution in [-0.2, 0) is 8.85 Å². The summed E-state index contributed by atoms with van der Waals surface area (Å²) in [4.78, 5) is 0. The third-order valence-corrected chi connectivity index (χ3v) is 7.64. The highest BCUT2D eigenvalue weighted by atomic mass is 28.4. The number of benzene rings is 1. The van der Waals surface area contributed by atoms with Crippen LogP contribution >= 0.6 is 0 Å². The zero-order valence-electron chi connectivity index (χ0n) is 11.7. The van der Waals surface area contributed by atoms with Crippen molar-refractivity contribution in [1.82, 2.24) is 0 Å². The minimum atomic E-state index is -2.40. The second-order valence-corrected chi connectivity index (χ2v) is 8.74. The fourth-order valence-corrected chi connectivity index (χ4v) is 6.19. The van der Waals surface area contributed by atoms with E-state index in [4.69, 9.17) is 8.85 Å². The van der Waals surface area contributed by atoms with Crippen LogP contribution in [0.1, 0.15) is 27.7 Å². The Labute approximate surface area is 111 Å². The molecule has 98 valence electrons. The molecule has 2 rings (SSSR count). The van der Waals surface area contributed by atoms with Crippen LogP contribution in [0, 0.1) is 0 Å². The third-order valence-electron chi connectivity index (χ3n) is 3.92. The van der Waals surface area contributed by atoms with Crippen molar-refractivity contribution in [1.29, 1.82) is 0 Å². The van der Waals surface area contributed by atoms with Gasteiger partial charge in [-0.2, -0.15) is 0 Å². The first kappa shape index (κ1) is 13.5. The molecule has 0 spiro atoms. The van der Waals surface area contributed by atoms with E-state index in [1.54, 1.807) is 0 Å². The van der Waals surface area contributed by atoms with Gasteiger partial charge in [0, 0.05) is 6.04 Å². The van der Waals surface area contributed by atoms with Crippen LogP contribution in [0.2, 0.25) is 6.04 Å². The standard InChI is InChI=1S/C15H22O2Si/c1-6-12-18(13-10-8-7-9-11-13)16-14(2,3)15(4,5)17-18/h6-11H,1,12H2,2-5H3. The average Bonchev–Trinajstić information content (AvgIpc) is 2.47. The Morgan fingerprint density at radius 1 is 1.06 bits per heavy atom. The van der Waals surface area contributed by atoms with E-state index >= 15 is 0 Å². The molecule has 0 unspecified atom stereocenters. The molecular weight excluding hydrogens is 240 g/mol. The van der Waals surface area contributed by atoms with Crippen LogP contribution in [0.25, 0.3) is 0 Å². The smallest absolute Gasteiger partial charge is 0.377 e. The molecule has 0 bridgehead atoms. The van der Waals surface area contributed by atoms with Crippen molar-refractivity contribution in [3.63, 3.8) is 0 Å². The van der Waals surface area contributed by atoms with E-state index < -0.39 is 8.56 Å². The van der Waals surface area contributed by atoms with Crippen molar-refractivity contribution < 1.29 is 8.85 Å². The van der Waals surface area contributed by atoms with E-state index in [1.807, 2.05) is 24.3 Å². The van der Waals surface area contributed by atoms with Crippen molar-refractivity contribution in [2.75, 3.05) is 0 Å². The lowest BCUT2D eigenvalue weighted by atomic mass is 9.90. The van der Waals surface area contributed by atoms with Gasteiger partial charge >= 0.3 is 8.56 Å². The van der Waals surface area contributed by atoms with Crippen LogP contribution in [-0.4, -0.2) is 19.8 Å². The third kappa shape index (κ3) is 2.07. The van der Waals surface area contributed by atoms with Gasteiger partial charge in [-0.25, -0.2) is 0 Å². The van der Waals surface area contributed by atoms with Gasteiger partial charge in [-0.3, -0.25) is 0 Å². The second kappa shape index (κ2) is 4.33. The summed E-state index contributed by atoms with van der Waals surface area (Å²) in [7, 11) is -2.40. The molecule has 1 heterocycles. The molecule has 2 nitrogen and oxygen atoms in total. The average molecular weight is 262 g/mol. The summed E-state index contributed by atoms with van der Waals surface area (Å²) in [6, 6.07) is 11.1. The summed E-state index contributed by atoms with van der Waals surface area (Å²) in [5.41, 5.74) is -0.559. The Morgan fingerprint density at radius 2 is 1.56 bits per heavy atom. The minimum Gasteiger partial charge on any atom is -0.383 e. The first-order chi connectivity index (χ1) is 8.33. The largest absolute Gasteiger partial charge is 0.383 e. The van der Waals surface area contributed by atoms with Gasteiger partial charge in [0.05, 0.1) is 11.2 Å². The molecule has 18 heavy (non-hydrogen) atoms. The highest BCUT2D eigenvalue weighted by Crippen LogP contribution is 2.42. The lowest BCUT2D eigenvalue weighted by Gasteiger charge is -2.31. The molecule has 1 aliphatic heterocycles. The molecule has 1 aromatic carbocycles. The highest BCUT2D eigenvalue weighted by Gasteiger charge is 2.59. The van der Waals surface area contributed by atoms with Crippen LogP contribution < -0.4 is 5.19 Å². The maximum absolute atomic E-state index is 6.42. The summed E-state index contributed by atoms with van der Waals surface area (Å²) >= 11 is 0. The van der Waals surface area contributed by atoms with Gasteiger partial charge in [0.1, 0.15) is 0 Å². The van der Waals surface area contributed by atoms with Gasteiger partial charge < -0.3 is 8.85 Å². The van der Waals surface area contributed by atoms with Crippen molar-refractivity contribution in [2.45, 2.75) is 44.9 Å². The molecule has 0 amide bonds. The summed E-state index contributed by atoms with van der Waals surface area (Å²) in [6.45, 7) is 12.3. The minimum absolute atomic E-state index is 0.280. The predicted molar refractivity (Wildman–Crippen MR) is 77.2 cm³/mol. The van der Waals surface area contributed by atoms with E-state index in [0.717, 1.165) is 6.04 Å². The van der Waals surface area contributed by atoms with Gasteiger partial charge in [0.2, 0.25) is 0 Å². The van der Waals surface area contributed by atoms with Gasteiger partial charge in [-0.15, -0.1) is 6.58 Å². The number of hydrogen-bond donors (Lipinski definition) is 0.